The summed E-state index contributed by atoms with van der Waals surface area (Å²) in [6, 6.07) is 1.79. The number of carbonyl (C=O) groups excluding carboxylic acids is 1. The van der Waals surface area contributed by atoms with Gasteiger partial charge in [0.25, 0.3) is 0 Å². The second-order valence-electron chi connectivity index (χ2n) is 5.30. The Hall–Kier alpha value is -1.90. The molecule has 1 N–H and O–H groups in total. The van der Waals surface area contributed by atoms with E-state index in [1.165, 1.54) is 4.90 Å². The molecular weight excluding hydrogens is 244 g/mol. The maximum Gasteiger partial charge on any atom is 0.410 e. The Bertz CT molecular complexity index is 415. The van der Waals surface area contributed by atoms with Crippen LogP contribution in [0.2, 0.25) is 0 Å². The number of carbonyl (C=O) groups is 1. The normalized spacial score (nSPS) is 13.4. The Morgan fingerprint density at radius 1 is 1.53 bits per heavy atom. The highest BCUT2D eigenvalue weighted by Gasteiger charge is 2.23. The topological polar surface area (TPSA) is 89.5 Å². The molecule has 0 aromatic rings. The summed E-state index contributed by atoms with van der Waals surface area (Å²) in [5.41, 5.74) is -0.0297. The largest absolute Gasteiger partial charge is 0.444 e. The molecule has 6 nitrogen and oxygen atoms in total. The van der Waals surface area contributed by atoms with E-state index >= 15 is 0 Å². The summed E-state index contributed by atoms with van der Waals surface area (Å²) >= 11 is 0. The Kier molecular flexibility index (Phi) is 6.19. The lowest BCUT2D eigenvalue weighted by Gasteiger charge is -2.25. The molecule has 0 aromatic carbocycles. The lowest BCUT2D eigenvalue weighted by Crippen LogP contribution is -2.39. The molecular formula is C13H22N4O2. The van der Waals surface area contributed by atoms with Gasteiger partial charge in [-0.25, -0.2) is 4.79 Å². The van der Waals surface area contributed by atoms with Gasteiger partial charge in [-0.2, -0.15) is 5.26 Å². The van der Waals surface area contributed by atoms with Crippen molar-refractivity contribution in [1.29, 1.82) is 10.7 Å². The van der Waals surface area contributed by atoms with Crippen LogP contribution in [-0.2, 0) is 4.74 Å². The van der Waals surface area contributed by atoms with Gasteiger partial charge in [0.15, 0.2) is 0 Å². The summed E-state index contributed by atoms with van der Waals surface area (Å²) in [7, 11) is 3.18. The SMILES string of the molecule is CN=C(CN(C)C(=O)OC(C)(C)C)C(C)C(=N)C#N. The van der Waals surface area contributed by atoms with Gasteiger partial charge in [-0.15, -0.1) is 0 Å². The molecule has 1 amide bonds. The van der Waals surface area contributed by atoms with Gasteiger partial charge >= 0.3 is 6.09 Å². The lowest BCUT2D eigenvalue weighted by atomic mass is 10.00. The molecule has 0 rings (SSSR count). The van der Waals surface area contributed by atoms with Crippen LogP contribution in [0.25, 0.3) is 0 Å². The van der Waals surface area contributed by atoms with E-state index in [1.807, 2.05) is 0 Å². The molecule has 0 aromatic heterocycles. The predicted molar refractivity (Wildman–Crippen MR) is 74.7 cm³/mol. The lowest BCUT2D eigenvalue weighted by molar-refractivity contribution is 0.0323. The van der Waals surface area contributed by atoms with Crippen molar-refractivity contribution in [3.05, 3.63) is 0 Å². The number of hydrogen-bond acceptors (Lipinski definition) is 5. The number of aliphatic imine (C=N–C) groups is 1. The Labute approximate surface area is 114 Å². The standard InChI is InChI=1S/C13H22N4O2/c1-9(10(15)7-14)11(16-5)8-17(6)12(18)19-13(2,3)4/h9,15H,8H2,1-6H3. The average molecular weight is 266 g/mol. The van der Waals surface area contributed by atoms with E-state index in [4.69, 9.17) is 15.4 Å². The van der Waals surface area contributed by atoms with Crippen LogP contribution in [0.5, 0.6) is 0 Å². The highest BCUT2D eigenvalue weighted by atomic mass is 16.6. The molecule has 6 heteroatoms. The van der Waals surface area contributed by atoms with Crippen LogP contribution in [0.15, 0.2) is 4.99 Å². The molecule has 106 valence electrons. The minimum Gasteiger partial charge on any atom is -0.444 e. The molecule has 0 aliphatic carbocycles. The molecule has 0 aliphatic rings. The average Bonchev–Trinajstić information content (AvgIpc) is 2.31. The van der Waals surface area contributed by atoms with Crippen LogP contribution in [0, 0.1) is 22.7 Å². The third-order valence-corrected chi connectivity index (χ3v) is 2.44. The zero-order chi connectivity index (χ0) is 15.2. The molecule has 0 bridgehead atoms. The van der Waals surface area contributed by atoms with Crippen LogP contribution in [0.1, 0.15) is 27.7 Å². The molecule has 0 heterocycles. The fourth-order valence-electron chi connectivity index (χ4n) is 1.31. The van der Waals surface area contributed by atoms with Gasteiger partial charge in [0.1, 0.15) is 17.4 Å². The minimum absolute atomic E-state index is 0.0711. The van der Waals surface area contributed by atoms with Crippen molar-refractivity contribution in [2.45, 2.75) is 33.3 Å². The molecule has 0 spiro atoms. The Balaban J connectivity index is 4.70. The van der Waals surface area contributed by atoms with Crippen LogP contribution < -0.4 is 0 Å². The van der Waals surface area contributed by atoms with Crippen LogP contribution in [0.3, 0.4) is 0 Å². The first kappa shape index (κ1) is 17.1. The maximum atomic E-state index is 11.8. The van der Waals surface area contributed by atoms with Crippen molar-refractivity contribution in [3.8, 4) is 6.07 Å². The summed E-state index contributed by atoms with van der Waals surface area (Å²) in [6.07, 6.45) is -0.454. The smallest absolute Gasteiger partial charge is 0.410 e. The molecule has 1 unspecified atom stereocenters. The van der Waals surface area contributed by atoms with Gasteiger partial charge < -0.3 is 9.64 Å². The van der Waals surface area contributed by atoms with Crippen LogP contribution in [0.4, 0.5) is 4.79 Å². The zero-order valence-electron chi connectivity index (χ0n) is 12.4. The number of ether oxygens (including phenoxy) is 1. The molecule has 19 heavy (non-hydrogen) atoms. The Morgan fingerprint density at radius 3 is 2.42 bits per heavy atom. The maximum absolute atomic E-state index is 11.8. The second-order valence-corrected chi connectivity index (χ2v) is 5.30. The van der Waals surface area contributed by atoms with Crippen molar-refractivity contribution in [3.63, 3.8) is 0 Å². The first-order valence-electron chi connectivity index (χ1n) is 6.00. The summed E-state index contributed by atoms with van der Waals surface area (Å²) < 4.78 is 5.22. The summed E-state index contributed by atoms with van der Waals surface area (Å²) in [6.45, 7) is 7.33. The third kappa shape index (κ3) is 6.00. The summed E-state index contributed by atoms with van der Waals surface area (Å²) in [5, 5.41) is 16.2. The van der Waals surface area contributed by atoms with E-state index in [1.54, 1.807) is 47.9 Å². The molecule has 0 saturated carbocycles. The highest BCUT2D eigenvalue weighted by molar-refractivity contribution is 6.13. The van der Waals surface area contributed by atoms with E-state index in [-0.39, 0.29) is 12.3 Å². The molecule has 1 atom stereocenters. The molecule has 0 aliphatic heterocycles. The van der Waals surface area contributed by atoms with Crippen LogP contribution in [-0.4, -0.2) is 48.7 Å². The highest BCUT2D eigenvalue weighted by Crippen LogP contribution is 2.10. The van der Waals surface area contributed by atoms with Crippen molar-refractivity contribution >= 4 is 17.5 Å². The van der Waals surface area contributed by atoms with E-state index in [9.17, 15) is 4.79 Å². The van der Waals surface area contributed by atoms with E-state index in [0.717, 1.165) is 0 Å². The Morgan fingerprint density at radius 2 is 2.05 bits per heavy atom. The quantitative estimate of drug-likeness (QED) is 0.790. The summed E-state index contributed by atoms with van der Waals surface area (Å²) in [5.74, 6) is -0.403. The number of nitriles is 1. The number of amides is 1. The number of rotatable bonds is 4. The monoisotopic (exact) mass is 266 g/mol. The number of nitrogens with zero attached hydrogens (tertiary/aromatic N) is 3. The first-order valence-corrected chi connectivity index (χ1v) is 6.00. The van der Waals surface area contributed by atoms with Gasteiger partial charge in [-0.05, 0) is 20.8 Å². The number of nitrogens with one attached hydrogen (secondary N) is 1. The molecule has 0 radical (unpaired) electrons. The van der Waals surface area contributed by atoms with Crippen molar-refractivity contribution in [2.24, 2.45) is 10.9 Å². The van der Waals surface area contributed by atoms with Gasteiger partial charge in [0, 0.05) is 25.7 Å². The predicted octanol–water partition coefficient (Wildman–Crippen LogP) is 2.10. The van der Waals surface area contributed by atoms with E-state index in [0.29, 0.717) is 5.71 Å². The van der Waals surface area contributed by atoms with Crippen molar-refractivity contribution in [1.82, 2.24) is 4.90 Å². The van der Waals surface area contributed by atoms with E-state index in [2.05, 4.69) is 4.99 Å². The zero-order valence-corrected chi connectivity index (χ0v) is 12.4. The van der Waals surface area contributed by atoms with Crippen molar-refractivity contribution < 1.29 is 9.53 Å². The number of hydrogen-bond donors (Lipinski definition) is 1. The second kappa shape index (κ2) is 6.88. The van der Waals surface area contributed by atoms with Gasteiger partial charge in [-0.3, -0.25) is 10.4 Å². The molecule has 0 saturated heterocycles. The van der Waals surface area contributed by atoms with Gasteiger partial charge in [0.05, 0.1) is 6.54 Å². The fourth-order valence-corrected chi connectivity index (χ4v) is 1.31. The van der Waals surface area contributed by atoms with Gasteiger partial charge in [-0.1, -0.05) is 6.92 Å². The fraction of sp³-hybridized carbons (Fsp3) is 0.692. The first-order chi connectivity index (χ1) is 8.62. The van der Waals surface area contributed by atoms with Crippen LogP contribution >= 0.6 is 0 Å². The molecule has 0 fully saturated rings. The van der Waals surface area contributed by atoms with Gasteiger partial charge in [0.2, 0.25) is 0 Å². The van der Waals surface area contributed by atoms with Crippen molar-refractivity contribution in [2.75, 3.05) is 20.6 Å². The summed E-state index contributed by atoms with van der Waals surface area (Å²) in [4.78, 5) is 17.2. The van der Waals surface area contributed by atoms with E-state index < -0.39 is 17.6 Å². The third-order valence-electron chi connectivity index (χ3n) is 2.44. The minimum atomic E-state index is -0.556.